The largest absolute Gasteiger partial charge is 0.356 e. The van der Waals surface area contributed by atoms with Gasteiger partial charge >= 0.3 is 0 Å². The van der Waals surface area contributed by atoms with Crippen LogP contribution in [-0.2, 0) is 14.6 Å². The Balaban J connectivity index is 1.46. The second kappa shape index (κ2) is 10.3. The van der Waals surface area contributed by atoms with Gasteiger partial charge in [-0.3, -0.25) is 9.79 Å². The van der Waals surface area contributed by atoms with E-state index in [1.54, 1.807) is 7.05 Å². The quantitative estimate of drug-likeness (QED) is 0.526. The monoisotopic (exact) mass is 434 g/mol. The summed E-state index contributed by atoms with van der Waals surface area (Å²) in [4.78, 5) is 18.9. The molecule has 0 bridgehead atoms. The second-order valence-corrected chi connectivity index (χ2v) is 10.5. The normalized spacial score (nSPS) is 26.4. The van der Waals surface area contributed by atoms with Crippen molar-refractivity contribution >= 4 is 21.7 Å². The van der Waals surface area contributed by atoms with E-state index in [9.17, 15) is 13.2 Å². The van der Waals surface area contributed by atoms with Crippen molar-refractivity contribution in [2.75, 3.05) is 38.2 Å². The molecular formula is C22H34N4O3S. The smallest absolute Gasteiger partial charge is 0.222 e. The fourth-order valence-electron chi connectivity index (χ4n) is 4.61. The number of aliphatic imine (C=N–C) groups is 1. The summed E-state index contributed by atoms with van der Waals surface area (Å²) >= 11 is 0. The Morgan fingerprint density at radius 2 is 2.00 bits per heavy atom. The molecule has 8 heteroatoms. The maximum atomic E-state index is 12.2. The molecule has 2 aliphatic rings. The Morgan fingerprint density at radius 1 is 1.23 bits per heavy atom. The van der Waals surface area contributed by atoms with Crippen molar-refractivity contribution in [3.05, 3.63) is 35.9 Å². The fourth-order valence-corrected chi connectivity index (χ4v) is 6.28. The van der Waals surface area contributed by atoms with Crippen molar-refractivity contribution < 1.29 is 13.2 Å². The van der Waals surface area contributed by atoms with E-state index in [1.165, 1.54) is 5.56 Å². The van der Waals surface area contributed by atoms with E-state index >= 15 is 0 Å². The summed E-state index contributed by atoms with van der Waals surface area (Å²) in [7, 11) is -1.21. The number of hydrogen-bond donors (Lipinski definition) is 2. The number of benzene rings is 1. The molecule has 0 saturated carbocycles. The van der Waals surface area contributed by atoms with Crippen LogP contribution in [0.5, 0.6) is 0 Å². The Kier molecular flexibility index (Phi) is 7.75. The number of hydrogen-bond acceptors (Lipinski definition) is 4. The van der Waals surface area contributed by atoms with Gasteiger partial charge in [-0.1, -0.05) is 43.7 Å². The Labute approximate surface area is 180 Å². The molecule has 166 valence electrons. The van der Waals surface area contributed by atoms with E-state index in [0.29, 0.717) is 31.2 Å². The van der Waals surface area contributed by atoms with Gasteiger partial charge in [-0.25, -0.2) is 8.42 Å². The van der Waals surface area contributed by atoms with Crippen LogP contribution in [0.2, 0.25) is 0 Å². The van der Waals surface area contributed by atoms with Gasteiger partial charge in [0.05, 0.1) is 11.5 Å². The van der Waals surface area contributed by atoms with Gasteiger partial charge in [0.1, 0.15) is 0 Å². The fraction of sp³-hybridized carbons (Fsp3) is 0.636. The van der Waals surface area contributed by atoms with Crippen LogP contribution in [0.3, 0.4) is 0 Å². The number of carbonyl (C=O) groups is 1. The molecule has 3 rings (SSSR count). The van der Waals surface area contributed by atoms with E-state index in [-0.39, 0.29) is 23.5 Å². The predicted octanol–water partition coefficient (Wildman–Crippen LogP) is 1.77. The van der Waals surface area contributed by atoms with Gasteiger partial charge in [-0.05, 0) is 30.2 Å². The summed E-state index contributed by atoms with van der Waals surface area (Å²) in [6.07, 6.45) is 3.00. The van der Waals surface area contributed by atoms with Gasteiger partial charge in [0.25, 0.3) is 0 Å². The highest BCUT2D eigenvalue weighted by molar-refractivity contribution is 7.91. The minimum absolute atomic E-state index is 0.0581. The number of carbonyl (C=O) groups excluding carboxylic acids is 1. The summed E-state index contributed by atoms with van der Waals surface area (Å²) in [6, 6.07) is 10.5. The molecule has 1 aromatic rings. The molecule has 3 unspecified atom stereocenters. The number of likely N-dealkylation sites (tertiary alicyclic amines) is 1. The molecule has 0 spiro atoms. The molecule has 0 radical (unpaired) electrons. The Bertz CT molecular complexity index is 841. The van der Waals surface area contributed by atoms with Crippen molar-refractivity contribution in [1.82, 2.24) is 15.5 Å². The maximum Gasteiger partial charge on any atom is 0.222 e. The first-order valence-corrected chi connectivity index (χ1v) is 12.7. The third-order valence-electron chi connectivity index (χ3n) is 6.23. The van der Waals surface area contributed by atoms with Gasteiger partial charge in [-0.2, -0.15) is 0 Å². The molecule has 2 saturated heterocycles. The lowest BCUT2D eigenvalue weighted by molar-refractivity contribution is -0.121. The number of nitrogens with one attached hydrogen (secondary N) is 2. The molecule has 3 atom stereocenters. The number of amides is 1. The first-order valence-electron chi connectivity index (χ1n) is 10.9. The van der Waals surface area contributed by atoms with Gasteiger partial charge in [-0.15, -0.1) is 0 Å². The lowest BCUT2D eigenvalue weighted by Crippen LogP contribution is -2.49. The minimum Gasteiger partial charge on any atom is -0.356 e. The van der Waals surface area contributed by atoms with E-state index in [1.807, 2.05) is 0 Å². The SMILES string of the molecule is CCC1CN(C(=NC)NCCC(=O)NC2CCS(=O)(=O)C2)CCC1c1ccccc1. The van der Waals surface area contributed by atoms with Crippen molar-refractivity contribution in [1.29, 1.82) is 0 Å². The van der Waals surface area contributed by atoms with Crippen molar-refractivity contribution in [3.63, 3.8) is 0 Å². The molecule has 2 aliphatic heterocycles. The average molecular weight is 435 g/mol. The summed E-state index contributed by atoms with van der Waals surface area (Å²) in [5.41, 5.74) is 1.41. The lowest BCUT2D eigenvalue weighted by atomic mass is 9.79. The van der Waals surface area contributed by atoms with E-state index in [2.05, 4.69) is 57.8 Å². The van der Waals surface area contributed by atoms with Gasteiger partial charge in [0.2, 0.25) is 5.91 Å². The molecule has 1 amide bonds. The van der Waals surface area contributed by atoms with Gasteiger partial charge in [0, 0.05) is 39.1 Å². The first-order chi connectivity index (χ1) is 14.4. The van der Waals surface area contributed by atoms with E-state index < -0.39 is 9.84 Å². The third kappa shape index (κ3) is 5.97. The molecule has 0 aromatic heterocycles. The topological polar surface area (TPSA) is 90.9 Å². The number of piperidine rings is 1. The summed E-state index contributed by atoms with van der Waals surface area (Å²) in [5.74, 6) is 2.07. The molecule has 7 nitrogen and oxygen atoms in total. The van der Waals surface area contributed by atoms with Crippen LogP contribution in [0.1, 0.15) is 44.1 Å². The predicted molar refractivity (Wildman–Crippen MR) is 120 cm³/mol. The van der Waals surface area contributed by atoms with Crippen LogP contribution in [-0.4, -0.2) is 69.4 Å². The molecule has 2 N–H and O–H groups in total. The van der Waals surface area contributed by atoms with Crippen LogP contribution in [0, 0.1) is 5.92 Å². The molecular weight excluding hydrogens is 400 g/mol. The Hall–Kier alpha value is -2.09. The standard InChI is InChI=1S/C22H34N4O3S/c1-3-17-15-26(13-10-20(17)18-7-5-4-6-8-18)22(23-2)24-12-9-21(27)25-19-11-14-30(28,29)16-19/h4-8,17,19-20H,3,9-16H2,1-2H3,(H,23,24)(H,25,27). The van der Waals surface area contributed by atoms with Crippen LogP contribution in [0.15, 0.2) is 35.3 Å². The van der Waals surface area contributed by atoms with Crippen LogP contribution in [0.25, 0.3) is 0 Å². The highest BCUT2D eigenvalue weighted by Crippen LogP contribution is 2.34. The highest BCUT2D eigenvalue weighted by Gasteiger charge is 2.31. The van der Waals surface area contributed by atoms with Crippen molar-refractivity contribution in [2.24, 2.45) is 10.9 Å². The second-order valence-electron chi connectivity index (χ2n) is 8.31. The molecule has 2 fully saturated rings. The molecule has 30 heavy (non-hydrogen) atoms. The summed E-state index contributed by atoms with van der Waals surface area (Å²) < 4.78 is 23.0. The van der Waals surface area contributed by atoms with Crippen LogP contribution >= 0.6 is 0 Å². The first kappa shape index (κ1) is 22.6. The van der Waals surface area contributed by atoms with Crippen LogP contribution in [0.4, 0.5) is 0 Å². The zero-order valence-corrected chi connectivity index (χ0v) is 18.8. The van der Waals surface area contributed by atoms with Gasteiger partial charge in [0.15, 0.2) is 15.8 Å². The van der Waals surface area contributed by atoms with Crippen molar-refractivity contribution in [2.45, 2.75) is 44.6 Å². The summed E-state index contributed by atoms with van der Waals surface area (Å²) in [5, 5.41) is 6.14. The van der Waals surface area contributed by atoms with E-state index in [0.717, 1.165) is 31.9 Å². The minimum atomic E-state index is -2.98. The van der Waals surface area contributed by atoms with Crippen LogP contribution < -0.4 is 10.6 Å². The summed E-state index contributed by atoms with van der Waals surface area (Å²) in [6.45, 7) is 4.60. The number of rotatable bonds is 6. The lowest BCUT2D eigenvalue weighted by Gasteiger charge is -2.40. The van der Waals surface area contributed by atoms with E-state index in [4.69, 9.17) is 0 Å². The number of sulfone groups is 1. The average Bonchev–Trinajstić information content (AvgIpc) is 3.09. The number of nitrogens with zero attached hydrogens (tertiary/aromatic N) is 2. The maximum absolute atomic E-state index is 12.2. The zero-order valence-electron chi connectivity index (χ0n) is 18.0. The number of guanidine groups is 1. The van der Waals surface area contributed by atoms with Crippen molar-refractivity contribution in [3.8, 4) is 0 Å². The third-order valence-corrected chi connectivity index (χ3v) is 8.00. The molecule has 0 aliphatic carbocycles. The molecule has 2 heterocycles. The zero-order chi connectivity index (χ0) is 21.6. The molecule has 1 aromatic carbocycles. The van der Waals surface area contributed by atoms with Gasteiger partial charge < -0.3 is 15.5 Å². The highest BCUT2D eigenvalue weighted by atomic mass is 32.2. The Morgan fingerprint density at radius 3 is 2.63 bits per heavy atom.